The van der Waals surface area contributed by atoms with E-state index in [4.69, 9.17) is 4.42 Å². The number of aromatic nitrogens is 1. The van der Waals surface area contributed by atoms with Crippen LogP contribution in [0.15, 0.2) is 77.2 Å². The van der Waals surface area contributed by atoms with Crippen molar-refractivity contribution in [3.63, 3.8) is 0 Å². The maximum absolute atomic E-state index is 12.4. The smallest absolute Gasteiger partial charge is 0.291 e. The Kier molecular flexibility index (Phi) is 4.11. The van der Waals surface area contributed by atoms with Gasteiger partial charge in [-0.05, 0) is 55.5 Å². The number of aryl methyl sites for hydroxylation is 1. The molecular weight excluding hydrogens is 326 g/mol. The van der Waals surface area contributed by atoms with Gasteiger partial charge in [-0.15, -0.1) is 0 Å². The predicted molar refractivity (Wildman–Crippen MR) is 103 cm³/mol. The Balaban J connectivity index is 1.46. The van der Waals surface area contributed by atoms with E-state index >= 15 is 0 Å². The number of benzene rings is 2. The van der Waals surface area contributed by atoms with Gasteiger partial charge in [0, 0.05) is 28.8 Å². The highest BCUT2D eigenvalue weighted by atomic mass is 16.3. The van der Waals surface area contributed by atoms with E-state index in [2.05, 4.69) is 15.6 Å². The Labute approximate surface area is 150 Å². The van der Waals surface area contributed by atoms with Crippen molar-refractivity contribution in [1.82, 2.24) is 4.98 Å². The van der Waals surface area contributed by atoms with Gasteiger partial charge in [0.05, 0.1) is 0 Å². The zero-order valence-electron chi connectivity index (χ0n) is 14.2. The lowest BCUT2D eigenvalue weighted by Crippen LogP contribution is -2.10. The first-order chi connectivity index (χ1) is 12.7. The van der Waals surface area contributed by atoms with Crippen LogP contribution in [0.4, 0.5) is 17.1 Å². The maximum Gasteiger partial charge on any atom is 0.291 e. The summed E-state index contributed by atoms with van der Waals surface area (Å²) in [5.41, 5.74) is 4.80. The van der Waals surface area contributed by atoms with Crippen molar-refractivity contribution in [3.05, 3.63) is 84.3 Å². The number of rotatable bonds is 4. The van der Waals surface area contributed by atoms with Gasteiger partial charge in [-0.1, -0.05) is 18.2 Å². The average Bonchev–Trinajstić information content (AvgIpc) is 3.07. The topological polar surface area (TPSA) is 67.2 Å². The predicted octanol–water partition coefficient (Wildman–Crippen LogP) is 5.13. The summed E-state index contributed by atoms with van der Waals surface area (Å²) in [4.78, 5) is 16.8. The van der Waals surface area contributed by atoms with E-state index in [-0.39, 0.29) is 11.7 Å². The SMILES string of the molecule is Cc1ccc2oc(C(=O)Nc3ccc(Nc4ccccc4)cc3)cc2n1. The zero-order chi connectivity index (χ0) is 17.9. The van der Waals surface area contributed by atoms with Crippen molar-refractivity contribution in [2.75, 3.05) is 10.6 Å². The molecule has 2 aromatic heterocycles. The number of para-hydroxylation sites is 1. The van der Waals surface area contributed by atoms with E-state index in [1.165, 1.54) is 0 Å². The largest absolute Gasteiger partial charge is 0.449 e. The summed E-state index contributed by atoms with van der Waals surface area (Å²) < 4.78 is 5.57. The van der Waals surface area contributed by atoms with Crippen LogP contribution in [0.1, 0.15) is 16.2 Å². The molecule has 4 aromatic rings. The van der Waals surface area contributed by atoms with Gasteiger partial charge in [-0.25, -0.2) is 4.98 Å². The maximum atomic E-state index is 12.4. The fraction of sp³-hybridized carbons (Fsp3) is 0.0476. The van der Waals surface area contributed by atoms with Gasteiger partial charge in [0.1, 0.15) is 5.52 Å². The molecule has 5 nitrogen and oxygen atoms in total. The fourth-order valence-electron chi connectivity index (χ4n) is 2.66. The van der Waals surface area contributed by atoms with E-state index in [9.17, 15) is 4.79 Å². The van der Waals surface area contributed by atoms with Gasteiger partial charge >= 0.3 is 0 Å². The molecule has 0 bridgehead atoms. The van der Waals surface area contributed by atoms with Crippen molar-refractivity contribution in [1.29, 1.82) is 0 Å². The summed E-state index contributed by atoms with van der Waals surface area (Å²) in [6, 6.07) is 22.7. The molecule has 1 amide bonds. The molecule has 2 aromatic carbocycles. The van der Waals surface area contributed by atoms with Crippen molar-refractivity contribution in [3.8, 4) is 0 Å². The summed E-state index contributed by atoms with van der Waals surface area (Å²) in [7, 11) is 0. The van der Waals surface area contributed by atoms with Gasteiger partial charge in [-0.2, -0.15) is 0 Å². The highest BCUT2D eigenvalue weighted by Gasteiger charge is 2.13. The lowest BCUT2D eigenvalue weighted by Gasteiger charge is -2.08. The number of pyridine rings is 1. The molecule has 5 heteroatoms. The van der Waals surface area contributed by atoms with Crippen LogP contribution >= 0.6 is 0 Å². The highest BCUT2D eigenvalue weighted by Crippen LogP contribution is 2.21. The van der Waals surface area contributed by atoms with E-state index in [0.717, 1.165) is 17.1 Å². The molecule has 2 N–H and O–H groups in total. The molecule has 0 fully saturated rings. The Morgan fingerprint density at radius 1 is 0.885 bits per heavy atom. The van der Waals surface area contributed by atoms with E-state index in [0.29, 0.717) is 16.8 Å². The summed E-state index contributed by atoms with van der Waals surface area (Å²) in [6.45, 7) is 1.90. The third kappa shape index (κ3) is 3.42. The molecule has 0 unspecified atom stereocenters. The first kappa shape index (κ1) is 15.9. The minimum atomic E-state index is -0.301. The van der Waals surface area contributed by atoms with Crippen LogP contribution < -0.4 is 10.6 Å². The van der Waals surface area contributed by atoms with E-state index in [1.54, 1.807) is 6.07 Å². The number of carbonyl (C=O) groups is 1. The zero-order valence-corrected chi connectivity index (χ0v) is 14.2. The van der Waals surface area contributed by atoms with Gasteiger partial charge in [0.15, 0.2) is 11.3 Å². The van der Waals surface area contributed by atoms with Gasteiger partial charge in [0.2, 0.25) is 0 Å². The molecule has 0 aliphatic carbocycles. The number of hydrogen-bond donors (Lipinski definition) is 2. The first-order valence-electron chi connectivity index (χ1n) is 8.28. The molecule has 0 saturated heterocycles. The van der Waals surface area contributed by atoms with Crippen molar-refractivity contribution >= 4 is 34.1 Å². The molecule has 0 radical (unpaired) electrons. The molecule has 0 atom stereocenters. The lowest BCUT2D eigenvalue weighted by atomic mass is 10.2. The van der Waals surface area contributed by atoms with Crippen LogP contribution in [0.5, 0.6) is 0 Å². The summed E-state index contributed by atoms with van der Waals surface area (Å²) in [6.07, 6.45) is 0. The number of anilines is 3. The molecule has 0 aliphatic rings. The quantitative estimate of drug-likeness (QED) is 0.539. The van der Waals surface area contributed by atoms with Gasteiger partial charge < -0.3 is 15.1 Å². The minimum absolute atomic E-state index is 0.240. The van der Waals surface area contributed by atoms with Gasteiger partial charge in [0.25, 0.3) is 5.91 Å². The number of amides is 1. The summed E-state index contributed by atoms with van der Waals surface area (Å²) >= 11 is 0. The second-order valence-electron chi connectivity index (χ2n) is 5.97. The molecule has 0 aliphatic heterocycles. The van der Waals surface area contributed by atoms with Gasteiger partial charge in [-0.3, -0.25) is 4.79 Å². The Morgan fingerprint density at radius 2 is 1.58 bits per heavy atom. The Hall–Kier alpha value is -3.60. The third-order valence-electron chi connectivity index (χ3n) is 3.94. The van der Waals surface area contributed by atoms with Crippen LogP contribution in [-0.4, -0.2) is 10.9 Å². The average molecular weight is 343 g/mol. The number of fused-ring (bicyclic) bond motifs is 1. The Bertz CT molecular complexity index is 1050. The normalized spacial score (nSPS) is 10.7. The van der Waals surface area contributed by atoms with Crippen molar-refractivity contribution in [2.24, 2.45) is 0 Å². The van der Waals surface area contributed by atoms with E-state index in [1.807, 2.05) is 73.7 Å². The first-order valence-corrected chi connectivity index (χ1v) is 8.28. The number of carbonyl (C=O) groups excluding carboxylic acids is 1. The molecule has 0 spiro atoms. The lowest BCUT2D eigenvalue weighted by molar-refractivity contribution is 0.0998. The number of nitrogens with zero attached hydrogens (tertiary/aromatic N) is 1. The fourth-order valence-corrected chi connectivity index (χ4v) is 2.66. The number of nitrogens with one attached hydrogen (secondary N) is 2. The van der Waals surface area contributed by atoms with Crippen LogP contribution in [0.3, 0.4) is 0 Å². The van der Waals surface area contributed by atoms with Crippen LogP contribution in [0.2, 0.25) is 0 Å². The second kappa shape index (κ2) is 6.72. The Morgan fingerprint density at radius 3 is 2.35 bits per heavy atom. The van der Waals surface area contributed by atoms with E-state index < -0.39 is 0 Å². The number of hydrogen-bond acceptors (Lipinski definition) is 4. The third-order valence-corrected chi connectivity index (χ3v) is 3.94. The van der Waals surface area contributed by atoms with Crippen molar-refractivity contribution in [2.45, 2.75) is 6.92 Å². The molecule has 26 heavy (non-hydrogen) atoms. The minimum Gasteiger partial charge on any atom is -0.449 e. The van der Waals surface area contributed by atoms with Crippen molar-refractivity contribution < 1.29 is 9.21 Å². The highest BCUT2D eigenvalue weighted by molar-refractivity contribution is 6.04. The molecular formula is C21H17N3O2. The molecule has 128 valence electrons. The second-order valence-corrected chi connectivity index (χ2v) is 5.97. The standard InChI is InChI=1S/C21H17N3O2/c1-14-7-12-19-18(22-14)13-20(26-19)21(25)24-17-10-8-16(9-11-17)23-15-5-3-2-4-6-15/h2-13,23H,1H3,(H,24,25). The van der Waals surface area contributed by atoms with Crippen LogP contribution in [-0.2, 0) is 0 Å². The summed E-state index contributed by atoms with van der Waals surface area (Å²) in [5, 5.41) is 6.14. The van der Waals surface area contributed by atoms with Crippen LogP contribution in [0, 0.1) is 6.92 Å². The molecule has 4 rings (SSSR count). The van der Waals surface area contributed by atoms with Crippen LogP contribution in [0.25, 0.3) is 11.1 Å². The molecule has 0 saturated carbocycles. The number of furan rings is 1. The summed E-state index contributed by atoms with van der Waals surface area (Å²) in [5.74, 6) is -0.0611. The monoisotopic (exact) mass is 343 g/mol. The molecule has 2 heterocycles.